The monoisotopic (exact) mass is 241 g/mol. The Kier molecular flexibility index (Phi) is 4.23. The second-order valence-electron chi connectivity index (χ2n) is 6.51. The van der Waals surface area contributed by atoms with Crippen LogP contribution in [-0.2, 0) is 0 Å². The molecule has 2 fully saturated rings. The van der Waals surface area contributed by atoms with E-state index in [0.717, 1.165) is 17.6 Å². The van der Waals surface area contributed by atoms with Crippen LogP contribution in [0.5, 0.6) is 0 Å². The van der Waals surface area contributed by atoms with Gasteiger partial charge in [0, 0.05) is 19.6 Å². The van der Waals surface area contributed by atoms with Gasteiger partial charge in [0.1, 0.15) is 0 Å². The van der Waals surface area contributed by atoms with E-state index in [0.29, 0.717) is 5.41 Å². The Morgan fingerprint density at radius 2 is 1.69 bits per heavy atom. The van der Waals surface area contributed by atoms with Gasteiger partial charge in [-0.25, -0.2) is 0 Å². The third-order valence-electron chi connectivity index (χ3n) is 4.50. The standard InChI is InChI=1S/C14H27NS/c1-12-7-13(2)9-15(8-12)10-14(11-16)5-3-4-6-14/h12-13,16H,3-11H2,1-2H3. The molecule has 1 saturated heterocycles. The highest BCUT2D eigenvalue weighted by Crippen LogP contribution is 2.40. The lowest BCUT2D eigenvalue weighted by Crippen LogP contribution is -2.45. The maximum Gasteiger partial charge on any atom is 0.00460 e. The van der Waals surface area contributed by atoms with Crippen LogP contribution in [0.25, 0.3) is 0 Å². The van der Waals surface area contributed by atoms with E-state index in [-0.39, 0.29) is 0 Å². The molecule has 1 aliphatic heterocycles. The second-order valence-corrected chi connectivity index (χ2v) is 6.82. The third kappa shape index (κ3) is 2.95. The van der Waals surface area contributed by atoms with Crippen molar-refractivity contribution < 1.29 is 0 Å². The van der Waals surface area contributed by atoms with Gasteiger partial charge in [-0.3, -0.25) is 0 Å². The number of hydrogen-bond acceptors (Lipinski definition) is 2. The van der Waals surface area contributed by atoms with Crippen LogP contribution >= 0.6 is 12.6 Å². The van der Waals surface area contributed by atoms with Gasteiger partial charge < -0.3 is 4.90 Å². The predicted molar refractivity (Wildman–Crippen MR) is 74.1 cm³/mol. The van der Waals surface area contributed by atoms with E-state index in [1.165, 1.54) is 51.7 Å². The van der Waals surface area contributed by atoms with E-state index >= 15 is 0 Å². The fourth-order valence-corrected chi connectivity index (χ4v) is 4.30. The van der Waals surface area contributed by atoms with Gasteiger partial charge in [-0.05, 0) is 42.3 Å². The maximum atomic E-state index is 4.62. The quantitative estimate of drug-likeness (QED) is 0.741. The largest absolute Gasteiger partial charge is 0.302 e. The van der Waals surface area contributed by atoms with Crippen molar-refractivity contribution in [2.45, 2.75) is 46.0 Å². The van der Waals surface area contributed by atoms with Crippen LogP contribution in [0, 0.1) is 17.3 Å². The van der Waals surface area contributed by atoms with Gasteiger partial charge in [-0.2, -0.15) is 12.6 Å². The summed E-state index contributed by atoms with van der Waals surface area (Å²) in [7, 11) is 0. The summed E-state index contributed by atoms with van der Waals surface area (Å²) < 4.78 is 0. The van der Waals surface area contributed by atoms with Gasteiger partial charge in [0.15, 0.2) is 0 Å². The summed E-state index contributed by atoms with van der Waals surface area (Å²) in [6.07, 6.45) is 7.11. The van der Waals surface area contributed by atoms with E-state index in [1.54, 1.807) is 0 Å². The number of hydrogen-bond donors (Lipinski definition) is 1. The number of likely N-dealkylation sites (tertiary alicyclic amines) is 1. The van der Waals surface area contributed by atoms with Crippen molar-refractivity contribution in [3.8, 4) is 0 Å². The summed E-state index contributed by atoms with van der Waals surface area (Å²) in [5.41, 5.74) is 0.555. The Morgan fingerprint density at radius 3 is 2.19 bits per heavy atom. The Labute approximate surface area is 106 Å². The first-order valence-corrected chi connectivity index (χ1v) is 7.60. The molecule has 2 unspecified atom stereocenters. The summed E-state index contributed by atoms with van der Waals surface area (Å²) in [6, 6.07) is 0. The molecule has 2 rings (SSSR count). The van der Waals surface area contributed by atoms with Gasteiger partial charge >= 0.3 is 0 Å². The molecule has 16 heavy (non-hydrogen) atoms. The molecule has 0 spiro atoms. The van der Waals surface area contributed by atoms with Crippen LogP contribution in [0.15, 0.2) is 0 Å². The first kappa shape index (κ1) is 12.8. The van der Waals surface area contributed by atoms with E-state index in [2.05, 4.69) is 31.4 Å². The first-order chi connectivity index (χ1) is 7.63. The molecule has 1 heterocycles. The van der Waals surface area contributed by atoms with Crippen LogP contribution in [0.3, 0.4) is 0 Å². The van der Waals surface area contributed by atoms with E-state index in [9.17, 15) is 0 Å². The molecule has 0 aromatic rings. The van der Waals surface area contributed by atoms with E-state index in [4.69, 9.17) is 0 Å². The van der Waals surface area contributed by atoms with Crippen molar-refractivity contribution in [1.82, 2.24) is 4.90 Å². The number of thiol groups is 1. The third-order valence-corrected chi connectivity index (χ3v) is 5.17. The highest BCUT2D eigenvalue weighted by atomic mass is 32.1. The average Bonchev–Trinajstić information content (AvgIpc) is 2.65. The van der Waals surface area contributed by atoms with Gasteiger partial charge in [-0.15, -0.1) is 0 Å². The van der Waals surface area contributed by atoms with Gasteiger partial charge in [0.2, 0.25) is 0 Å². The normalized spacial score (nSPS) is 35.4. The molecule has 0 aromatic heterocycles. The van der Waals surface area contributed by atoms with Crippen LogP contribution < -0.4 is 0 Å². The van der Waals surface area contributed by atoms with Crippen molar-refractivity contribution in [2.75, 3.05) is 25.4 Å². The van der Waals surface area contributed by atoms with Crippen LogP contribution in [0.4, 0.5) is 0 Å². The summed E-state index contributed by atoms with van der Waals surface area (Å²) in [5.74, 6) is 2.87. The topological polar surface area (TPSA) is 3.24 Å². The highest BCUT2D eigenvalue weighted by molar-refractivity contribution is 7.80. The van der Waals surface area contributed by atoms with Gasteiger partial charge in [-0.1, -0.05) is 26.7 Å². The summed E-state index contributed by atoms with van der Waals surface area (Å²) in [5, 5.41) is 0. The molecule has 1 aliphatic carbocycles. The van der Waals surface area contributed by atoms with Crippen LogP contribution in [0.1, 0.15) is 46.0 Å². The molecule has 2 atom stereocenters. The molecule has 2 heteroatoms. The minimum Gasteiger partial charge on any atom is -0.302 e. The Hall–Kier alpha value is 0.310. The molecule has 0 radical (unpaired) electrons. The molecule has 0 N–H and O–H groups in total. The highest BCUT2D eigenvalue weighted by Gasteiger charge is 2.35. The molecule has 1 saturated carbocycles. The zero-order chi connectivity index (χ0) is 11.6. The van der Waals surface area contributed by atoms with Crippen molar-refractivity contribution >= 4 is 12.6 Å². The molecule has 0 bridgehead atoms. The zero-order valence-corrected chi connectivity index (χ0v) is 11.8. The summed E-state index contributed by atoms with van der Waals surface area (Å²) in [4.78, 5) is 2.72. The second kappa shape index (κ2) is 5.30. The smallest absolute Gasteiger partial charge is 0.00460 e. The zero-order valence-electron chi connectivity index (χ0n) is 10.9. The van der Waals surface area contributed by atoms with Crippen molar-refractivity contribution in [3.05, 3.63) is 0 Å². The SMILES string of the molecule is CC1CC(C)CN(CC2(CS)CCCC2)C1. The lowest BCUT2D eigenvalue weighted by Gasteiger charge is -2.40. The molecule has 0 aromatic carbocycles. The molecule has 2 aliphatic rings. The predicted octanol–water partition coefficient (Wildman–Crippen LogP) is 3.45. The fourth-order valence-electron chi connectivity index (χ4n) is 3.89. The van der Waals surface area contributed by atoms with Crippen LogP contribution in [-0.4, -0.2) is 30.3 Å². The Bertz CT molecular complexity index is 213. The number of piperidine rings is 1. The van der Waals surface area contributed by atoms with Crippen molar-refractivity contribution in [2.24, 2.45) is 17.3 Å². The molecule has 0 amide bonds. The molecular weight excluding hydrogens is 214 g/mol. The number of rotatable bonds is 3. The minimum absolute atomic E-state index is 0.555. The van der Waals surface area contributed by atoms with Crippen molar-refractivity contribution in [3.63, 3.8) is 0 Å². The van der Waals surface area contributed by atoms with Gasteiger partial charge in [0.05, 0.1) is 0 Å². The van der Waals surface area contributed by atoms with Gasteiger partial charge in [0.25, 0.3) is 0 Å². The average molecular weight is 241 g/mol. The lowest BCUT2D eigenvalue weighted by molar-refractivity contribution is 0.0939. The maximum absolute atomic E-state index is 4.62. The van der Waals surface area contributed by atoms with E-state index in [1.807, 2.05) is 0 Å². The molecular formula is C14H27NS. The Balaban J connectivity index is 1.92. The molecule has 1 nitrogen and oxygen atoms in total. The first-order valence-electron chi connectivity index (χ1n) is 6.97. The van der Waals surface area contributed by atoms with Crippen molar-refractivity contribution in [1.29, 1.82) is 0 Å². The van der Waals surface area contributed by atoms with Crippen LogP contribution in [0.2, 0.25) is 0 Å². The molecule has 94 valence electrons. The fraction of sp³-hybridized carbons (Fsp3) is 1.00. The van der Waals surface area contributed by atoms with E-state index < -0.39 is 0 Å². The Morgan fingerprint density at radius 1 is 1.12 bits per heavy atom. The number of nitrogens with zero attached hydrogens (tertiary/aromatic N) is 1. The summed E-state index contributed by atoms with van der Waals surface area (Å²) in [6.45, 7) is 8.76. The minimum atomic E-state index is 0.555. The summed E-state index contributed by atoms with van der Waals surface area (Å²) >= 11 is 4.62. The lowest BCUT2D eigenvalue weighted by atomic mass is 9.85.